The number of rotatable bonds is 3. The molecule has 0 amide bonds. The molecule has 0 fully saturated rings. The van der Waals surface area contributed by atoms with Gasteiger partial charge in [0.15, 0.2) is 0 Å². The van der Waals surface area contributed by atoms with E-state index in [0.29, 0.717) is 11.3 Å². The van der Waals surface area contributed by atoms with Crippen molar-refractivity contribution in [2.75, 3.05) is 0 Å². The number of aryl methyl sites for hydroxylation is 1. The van der Waals surface area contributed by atoms with Crippen LogP contribution in [-0.4, -0.2) is 5.97 Å². The summed E-state index contributed by atoms with van der Waals surface area (Å²) >= 11 is 0. The van der Waals surface area contributed by atoms with E-state index in [2.05, 4.69) is 6.58 Å². The van der Waals surface area contributed by atoms with Crippen molar-refractivity contribution in [2.45, 2.75) is 13.8 Å². The lowest BCUT2D eigenvalue weighted by Crippen LogP contribution is -2.09. The van der Waals surface area contributed by atoms with Gasteiger partial charge in [0.25, 0.3) is 0 Å². The molecule has 0 heterocycles. The fraction of sp³-hybridized carbons (Fsp3) is 0.118. The highest BCUT2D eigenvalue weighted by Crippen LogP contribution is 2.31. The van der Waals surface area contributed by atoms with Crippen LogP contribution in [0, 0.1) is 6.92 Å². The quantitative estimate of drug-likeness (QED) is 0.466. The molecule has 2 aromatic rings. The maximum Gasteiger partial charge on any atom is 0.338 e. The first-order chi connectivity index (χ1) is 9.08. The Labute approximate surface area is 113 Å². The summed E-state index contributed by atoms with van der Waals surface area (Å²) in [6.45, 7) is 7.24. The zero-order chi connectivity index (χ0) is 13.8. The van der Waals surface area contributed by atoms with Crippen LogP contribution in [0.3, 0.4) is 0 Å². The molecule has 2 nitrogen and oxygen atoms in total. The van der Waals surface area contributed by atoms with Crippen molar-refractivity contribution in [2.24, 2.45) is 0 Å². The summed E-state index contributed by atoms with van der Waals surface area (Å²) in [5.41, 5.74) is 3.44. The third-order valence-electron chi connectivity index (χ3n) is 2.77. The Balaban J connectivity index is 2.45. The number of carbonyl (C=O) groups is 1. The molecular formula is C17H16O2. The van der Waals surface area contributed by atoms with Crippen molar-refractivity contribution in [1.82, 2.24) is 0 Å². The summed E-state index contributed by atoms with van der Waals surface area (Å²) in [4.78, 5) is 11.7. The molecule has 0 N–H and O–H groups in total. The van der Waals surface area contributed by atoms with Gasteiger partial charge in [-0.15, -0.1) is 0 Å². The second-order valence-electron chi connectivity index (χ2n) is 4.54. The minimum atomic E-state index is -0.402. The number of carbonyl (C=O) groups excluding carboxylic acids is 1. The van der Waals surface area contributed by atoms with Crippen molar-refractivity contribution >= 4 is 5.97 Å². The monoisotopic (exact) mass is 252 g/mol. The lowest BCUT2D eigenvalue weighted by Gasteiger charge is -2.11. The first kappa shape index (κ1) is 13.1. The smallest absolute Gasteiger partial charge is 0.338 e. The van der Waals surface area contributed by atoms with Gasteiger partial charge in [-0.05, 0) is 31.5 Å². The van der Waals surface area contributed by atoms with Crippen molar-refractivity contribution < 1.29 is 9.53 Å². The van der Waals surface area contributed by atoms with E-state index in [1.165, 1.54) is 0 Å². The molecule has 0 bridgehead atoms. The van der Waals surface area contributed by atoms with Gasteiger partial charge in [-0.1, -0.05) is 48.5 Å². The summed E-state index contributed by atoms with van der Waals surface area (Å²) < 4.78 is 5.38. The van der Waals surface area contributed by atoms with Gasteiger partial charge in [0.05, 0.1) is 0 Å². The highest BCUT2D eigenvalue weighted by molar-refractivity contribution is 5.90. The molecule has 96 valence electrons. The van der Waals surface area contributed by atoms with Crippen LogP contribution >= 0.6 is 0 Å². The summed E-state index contributed by atoms with van der Waals surface area (Å²) in [7, 11) is 0. The molecule has 0 aliphatic rings. The molecular weight excluding hydrogens is 236 g/mol. The lowest BCUT2D eigenvalue weighted by atomic mass is 10.0. The predicted molar refractivity (Wildman–Crippen MR) is 77.1 cm³/mol. The Morgan fingerprint density at radius 2 is 1.79 bits per heavy atom. The largest absolute Gasteiger partial charge is 0.423 e. The molecule has 0 spiro atoms. The zero-order valence-corrected chi connectivity index (χ0v) is 11.1. The van der Waals surface area contributed by atoms with Gasteiger partial charge in [-0.2, -0.15) is 0 Å². The van der Waals surface area contributed by atoms with E-state index in [9.17, 15) is 4.79 Å². The fourth-order valence-corrected chi connectivity index (χ4v) is 1.76. The van der Waals surface area contributed by atoms with E-state index in [-0.39, 0.29) is 0 Å². The predicted octanol–water partition coefficient (Wildman–Crippen LogP) is 4.14. The number of ether oxygens (including phenoxy) is 1. The van der Waals surface area contributed by atoms with Gasteiger partial charge in [0, 0.05) is 11.1 Å². The van der Waals surface area contributed by atoms with E-state index in [4.69, 9.17) is 4.74 Å². The van der Waals surface area contributed by atoms with Gasteiger partial charge in [-0.25, -0.2) is 4.79 Å². The molecule has 0 atom stereocenters. The standard InChI is InChI=1S/C17H16O2/c1-12(2)17(18)19-16-10-9-13(3)11-15(16)14-7-5-4-6-8-14/h4-11H,1H2,2-3H3. The van der Waals surface area contributed by atoms with E-state index in [1.807, 2.05) is 55.5 Å². The van der Waals surface area contributed by atoms with Gasteiger partial charge >= 0.3 is 5.97 Å². The summed E-state index contributed by atoms with van der Waals surface area (Å²) in [6, 6.07) is 15.6. The number of benzene rings is 2. The van der Waals surface area contributed by atoms with E-state index in [1.54, 1.807) is 6.92 Å². The van der Waals surface area contributed by atoms with Gasteiger partial charge in [-0.3, -0.25) is 0 Å². The Morgan fingerprint density at radius 1 is 1.11 bits per heavy atom. The first-order valence-corrected chi connectivity index (χ1v) is 6.11. The molecule has 0 aromatic heterocycles. The number of hydrogen-bond acceptors (Lipinski definition) is 2. The summed E-state index contributed by atoms with van der Waals surface area (Å²) in [6.07, 6.45) is 0. The van der Waals surface area contributed by atoms with Crippen LogP contribution in [0.1, 0.15) is 12.5 Å². The maximum absolute atomic E-state index is 11.7. The van der Waals surface area contributed by atoms with Crippen molar-refractivity contribution in [1.29, 1.82) is 0 Å². The van der Waals surface area contributed by atoms with Crippen molar-refractivity contribution in [3.8, 4) is 16.9 Å². The molecule has 0 radical (unpaired) electrons. The third kappa shape index (κ3) is 3.10. The Kier molecular flexibility index (Phi) is 3.81. The summed E-state index contributed by atoms with van der Waals surface area (Å²) in [5.74, 6) is 0.158. The normalized spacial score (nSPS) is 10.0. The average molecular weight is 252 g/mol. The fourth-order valence-electron chi connectivity index (χ4n) is 1.76. The topological polar surface area (TPSA) is 26.3 Å². The minimum Gasteiger partial charge on any atom is -0.423 e. The molecule has 19 heavy (non-hydrogen) atoms. The van der Waals surface area contributed by atoms with Crippen LogP contribution in [0.2, 0.25) is 0 Å². The van der Waals surface area contributed by atoms with Crippen LogP contribution < -0.4 is 4.74 Å². The lowest BCUT2D eigenvalue weighted by molar-refractivity contribution is -0.130. The van der Waals surface area contributed by atoms with E-state index < -0.39 is 5.97 Å². The highest BCUT2D eigenvalue weighted by atomic mass is 16.5. The van der Waals surface area contributed by atoms with Crippen molar-refractivity contribution in [3.63, 3.8) is 0 Å². The second kappa shape index (κ2) is 5.53. The number of esters is 1. The molecule has 0 aliphatic carbocycles. The molecule has 0 saturated heterocycles. The van der Waals surface area contributed by atoms with Gasteiger partial charge < -0.3 is 4.74 Å². The third-order valence-corrected chi connectivity index (χ3v) is 2.77. The Morgan fingerprint density at radius 3 is 2.42 bits per heavy atom. The van der Waals surface area contributed by atoms with Crippen LogP contribution in [0.5, 0.6) is 5.75 Å². The Hall–Kier alpha value is -2.35. The second-order valence-corrected chi connectivity index (χ2v) is 4.54. The first-order valence-electron chi connectivity index (χ1n) is 6.11. The molecule has 2 rings (SSSR count). The SMILES string of the molecule is C=C(C)C(=O)Oc1ccc(C)cc1-c1ccccc1. The molecule has 0 unspecified atom stereocenters. The zero-order valence-electron chi connectivity index (χ0n) is 11.1. The van der Waals surface area contributed by atoms with Crippen LogP contribution in [0.4, 0.5) is 0 Å². The highest BCUT2D eigenvalue weighted by Gasteiger charge is 2.11. The van der Waals surface area contributed by atoms with E-state index in [0.717, 1.165) is 16.7 Å². The van der Waals surface area contributed by atoms with Gasteiger partial charge in [0.1, 0.15) is 5.75 Å². The van der Waals surface area contributed by atoms with E-state index >= 15 is 0 Å². The Bertz CT molecular complexity index is 612. The average Bonchev–Trinajstić information content (AvgIpc) is 2.41. The van der Waals surface area contributed by atoms with Crippen LogP contribution in [0.15, 0.2) is 60.7 Å². The summed E-state index contributed by atoms with van der Waals surface area (Å²) in [5, 5.41) is 0. The minimum absolute atomic E-state index is 0.389. The maximum atomic E-state index is 11.7. The molecule has 0 aliphatic heterocycles. The van der Waals surface area contributed by atoms with Crippen LogP contribution in [-0.2, 0) is 4.79 Å². The molecule has 2 heteroatoms. The molecule has 0 saturated carbocycles. The van der Waals surface area contributed by atoms with Crippen LogP contribution in [0.25, 0.3) is 11.1 Å². The van der Waals surface area contributed by atoms with Gasteiger partial charge in [0.2, 0.25) is 0 Å². The number of hydrogen-bond donors (Lipinski definition) is 0. The molecule has 2 aromatic carbocycles. The van der Waals surface area contributed by atoms with Crippen molar-refractivity contribution in [3.05, 3.63) is 66.2 Å².